The van der Waals surface area contributed by atoms with Gasteiger partial charge in [0.2, 0.25) is 0 Å². The molecule has 1 aromatic carbocycles. The zero-order chi connectivity index (χ0) is 11.0. The first-order valence-corrected chi connectivity index (χ1v) is 4.86. The number of benzene rings is 1. The van der Waals surface area contributed by atoms with Gasteiger partial charge >= 0.3 is 0 Å². The lowest BCUT2D eigenvalue weighted by atomic mass is 10.2. The van der Waals surface area contributed by atoms with Gasteiger partial charge in [-0.2, -0.15) is 5.10 Å². The zero-order valence-electron chi connectivity index (χ0n) is 8.41. The third-order valence-corrected chi connectivity index (χ3v) is 2.34. The van der Waals surface area contributed by atoms with Crippen LogP contribution in [-0.4, -0.2) is 20.0 Å². The summed E-state index contributed by atoms with van der Waals surface area (Å²) < 4.78 is 0. The minimum absolute atomic E-state index is 0.396. The number of para-hydroxylation sites is 1. The average Bonchev–Trinajstić information content (AvgIpc) is 2.75. The number of anilines is 1. The smallest absolute Gasteiger partial charge is 0.166 e. The summed E-state index contributed by atoms with van der Waals surface area (Å²) >= 11 is 0. The number of hydrogen-bond donors (Lipinski definition) is 1. The van der Waals surface area contributed by atoms with Crippen molar-refractivity contribution in [2.45, 2.75) is 0 Å². The van der Waals surface area contributed by atoms with Crippen molar-refractivity contribution in [1.82, 2.24) is 20.0 Å². The van der Waals surface area contributed by atoms with Crippen LogP contribution in [0.1, 0.15) is 0 Å². The van der Waals surface area contributed by atoms with Gasteiger partial charge in [0.1, 0.15) is 5.69 Å². The Balaban J connectivity index is 2.31. The van der Waals surface area contributed by atoms with Crippen LogP contribution in [0.2, 0.25) is 0 Å². The van der Waals surface area contributed by atoms with E-state index in [0.717, 1.165) is 16.6 Å². The molecular weight excluding hydrogens is 202 g/mol. The van der Waals surface area contributed by atoms with Crippen molar-refractivity contribution in [2.24, 2.45) is 0 Å². The number of pyridine rings is 1. The van der Waals surface area contributed by atoms with E-state index >= 15 is 0 Å². The number of fused-ring (bicyclic) bond motifs is 1. The van der Waals surface area contributed by atoms with E-state index in [0.29, 0.717) is 5.82 Å². The van der Waals surface area contributed by atoms with E-state index in [1.807, 2.05) is 30.3 Å². The summed E-state index contributed by atoms with van der Waals surface area (Å²) in [5, 5.41) is 9.20. The largest absolute Gasteiger partial charge is 0.381 e. The number of nitrogens with zero attached hydrogens (tertiary/aromatic N) is 4. The van der Waals surface area contributed by atoms with Crippen LogP contribution in [0.25, 0.3) is 16.6 Å². The molecule has 5 nitrogen and oxygen atoms in total. The topological polar surface area (TPSA) is 69.6 Å². The van der Waals surface area contributed by atoms with E-state index in [1.54, 1.807) is 6.20 Å². The first-order valence-electron chi connectivity index (χ1n) is 4.86. The van der Waals surface area contributed by atoms with Gasteiger partial charge < -0.3 is 5.73 Å². The molecule has 0 aliphatic rings. The standard InChI is InChI=1S/C11H9N5/c12-10-7-14-16(15-10)9-5-1-3-8-4-2-6-13-11(8)9/h1-7H,(H2,12,15). The molecule has 0 aliphatic carbocycles. The SMILES string of the molecule is Nc1cnn(-c2cccc3cccnc23)n1. The monoisotopic (exact) mass is 211 g/mol. The van der Waals surface area contributed by atoms with Crippen LogP contribution in [-0.2, 0) is 0 Å². The normalized spacial score (nSPS) is 10.8. The van der Waals surface area contributed by atoms with Crippen molar-refractivity contribution in [2.75, 3.05) is 5.73 Å². The fourth-order valence-electron chi connectivity index (χ4n) is 1.64. The maximum Gasteiger partial charge on any atom is 0.166 e. The Labute approximate surface area is 91.5 Å². The predicted octanol–water partition coefficient (Wildman–Crippen LogP) is 1.40. The van der Waals surface area contributed by atoms with Crippen LogP contribution in [0, 0.1) is 0 Å². The summed E-state index contributed by atoms with van der Waals surface area (Å²) in [5.74, 6) is 0.396. The Kier molecular flexibility index (Phi) is 1.83. The Hall–Kier alpha value is -2.43. The van der Waals surface area contributed by atoms with Crippen LogP contribution < -0.4 is 5.73 Å². The molecule has 0 saturated heterocycles. The van der Waals surface area contributed by atoms with Gasteiger partial charge in [0.25, 0.3) is 0 Å². The highest BCUT2D eigenvalue weighted by molar-refractivity contribution is 5.85. The quantitative estimate of drug-likeness (QED) is 0.660. The Morgan fingerprint density at radius 2 is 2.00 bits per heavy atom. The van der Waals surface area contributed by atoms with Gasteiger partial charge in [0.05, 0.1) is 11.7 Å². The fraction of sp³-hybridized carbons (Fsp3) is 0. The maximum atomic E-state index is 5.55. The first kappa shape index (κ1) is 8.84. The molecule has 0 spiro atoms. The molecular formula is C11H9N5. The van der Waals surface area contributed by atoms with Crippen molar-refractivity contribution in [1.29, 1.82) is 0 Å². The summed E-state index contributed by atoms with van der Waals surface area (Å²) in [6.45, 7) is 0. The van der Waals surface area contributed by atoms with Crippen molar-refractivity contribution < 1.29 is 0 Å². The molecule has 0 aliphatic heterocycles. The highest BCUT2D eigenvalue weighted by Crippen LogP contribution is 2.18. The molecule has 2 N–H and O–H groups in total. The first-order chi connectivity index (χ1) is 7.84. The van der Waals surface area contributed by atoms with Gasteiger partial charge in [-0.15, -0.1) is 9.90 Å². The Bertz CT molecular complexity index is 638. The van der Waals surface area contributed by atoms with Crippen LogP contribution in [0.3, 0.4) is 0 Å². The molecule has 0 amide bonds. The summed E-state index contributed by atoms with van der Waals surface area (Å²) in [5.41, 5.74) is 7.24. The number of aromatic nitrogens is 4. The van der Waals surface area contributed by atoms with Gasteiger partial charge in [0, 0.05) is 11.6 Å². The zero-order valence-corrected chi connectivity index (χ0v) is 8.41. The highest BCUT2D eigenvalue weighted by atomic mass is 15.5. The molecule has 78 valence electrons. The minimum Gasteiger partial charge on any atom is -0.381 e. The van der Waals surface area contributed by atoms with E-state index in [1.165, 1.54) is 11.0 Å². The lowest BCUT2D eigenvalue weighted by Gasteiger charge is -2.03. The van der Waals surface area contributed by atoms with E-state index in [4.69, 9.17) is 5.73 Å². The Morgan fingerprint density at radius 3 is 2.81 bits per heavy atom. The molecule has 16 heavy (non-hydrogen) atoms. The van der Waals surface area contributed by atoms with Gasteiger partial charge in [0.15, 0.2) is 5.82 Å². The Morgan fingerprint density at radius 1 is 1.12 bits per heavy atom. The summed E-state index contributed by atoms with van der Waals surface area (Å²) in [7, 11) is 0. The molecule has 0 unspecified atom stereocenters. The van der Waals surface area contributed by atoms with Crippen LogP contribution in [0.5, 0.6) is 0 Å². The third-order valence-electron chi connectivity index (χ3n) is 2.34. The molecule has 0 atom stereocenters. The second-order valence-electron chi connectivity index (χ2n) is 3.41. The van der Waals surface area contributed by atoms with Gasteiger partial charge in [-0.3, -0.25) is 4.98 Å². The molecule has 0 radical (unpaired) electrons. The van der Waals surface area contributed by atoms with Crippen molar-refractivity contribution in [3.05, 3.63) is 42.7 Å². The van der Waals surface area contributed by atoms with E-state index in [-0.39, 0.29) is 0 Å². The van der Waals surface area contributed by atoms with Crippen LogP contribution in [0.15, 0.2) is 42.7 Å². The fourth-order valence-corrected chi connectivity index (χ4v) is 1.64. The number of nitrogens with two attached hydrogens (primary N) is 1. The third kappa shape index (κ3) is 1.30. The second-order valence-corrected chi connectivity index (χ2v) is 3.41. The van der Waals surface area contributed by atoms with E-state index in [2.05, 4.69) is 15.2 Å². The highest BCUT2D eigenvalue weighted by Gasteiger charge is 2.05. The number of nitrogen functional groups attached to an aromatic ring is 1. The van der Waals surface area contributed by atoms with E-state index < -0.39 is 0 Å². The van der Waals surface area contributed by atoms with E-state index in [9.17, 15) is 0 Å². The van der Waals surface area contributed by atoms with Crippen LogP contribution >= 0.6 is 0 Å². The molecule has 3 rings (SSSR count). The molecule has 3 aromatic rings. The summed E-state index contributed by atoms with van der Waals surface area (Å²) in [4.78, 5) is 5.82. The van der Waals surface area contributed by atoms with Crippen LogP contribution in [0.4, 0.5) is 5.82 Å². The van der Waals surface area contributed by atoms with Crippen molar-refractivity contribution in [3.63, 3.8) is 0 Å². The van der Waals surface area contributed by atoms with Gasteiger partial charge in [-0.1, -0.05) is 18.2 Å². The maximum absolute atomic E-state index is 5.55. The van der Waals surface area contributed by atoms with Crippen molar-refractivity contribution in [3.8, 4) is 5.69 Å². The molecule has 5 heteroatoms. The summed E-state index contributed by atoms with van der Waals surface area (Å²) in [6.07, 6.45) is 3.26. The molecule has 0 saturated carbocycles. The number of hydrogen-bond acceptors (Lipinski definition) is 4. The molecule has 2 heterocycles. The molecule has 0 fully saturated rings. The molecule has 2 aromatic heterocycles. The molecule has 0 bridgehead atoms. The second kappa shape index (κ2) is 3.30. The lowest BCUT2D eigenvalue weighted by molar-refractivity contribution is 0.758. The average molecular weight is 211 g/mol. The number of rotatable bonds is 1. The van der Waals surface area contributed by atoms with Gasteiger partial charge in [-0.25, -0.2) is 0 Å². The lowest BCUT2D eigenvalue weighted by Crippen LogP contribution is -2.01. The van der Waals surface area contributed by atoms with Gasteiger partial charge in [-0.05, 0) is 12.1 Å². The van der Waals surface area contributed by atoms with Crippen molar-refractivity contribution >= 4 is 16.7 Å². The predicted molar refractivity (Wildman–Crippen MR) is 61.1 cm³/mol. The summed E-state index contributed by atoms with van der Waals surface area (Å²) in [6, 6.07) is 9.75. The minimum atomic E-state index is 0.396.